The third kappa shape index (κ3) is 15.6. The van der Waals surface area contributed by atoms with Crippen LogP contribution < -0.4 is 27.3 Å². The summed E-state index contributed by atoms with van der Waals surface area (Å²) in [6, 6.07) is 10.4. The van der Waals surface area contributed by atoms with E-state index < -0.39 is 0 Å². The van der Waals surface area contributed by atoms with E-state index in [1.807, 2.05) is 6.07 Å². The Morgan fingerprint density at radius 2 is 1.72 bits per heavy atom. The van der Waals surface area contributed by atoms with E-state index in [1.165, 1.54) is 55.6 Å². The Kier molecular flexibility index (Phi) is 25.5. The lowest BCUT2D eigenvalue weighted by Crippen LogP contribution is -2.25. The Morgan fingerprint density at radius 3 is 2.31 bits per heavy atom. The fourth-order valence-corrected chi connectivity index (χ4v) is 4.79. The lowest BCUT2D eigenvalue weighted by molar-refractivity contribution is -0.140. The molecule has 224 valence electrons. The third-order valence-electron chi connectivity index (χ3n) is 5.69. The molecule has 1 aromatic carbocycles. The Labute approximate surface area is 239 Å². The molecule has 0 saturated carbocycles. The molecule has 8 N–H and O–H groups in total. The van der Waals surface area contributed by atoms with Gasteiger partial charge >= 0.3 is 5.97 Å². The number of methoxy groups -OCH3 is 1. The maximum Gasteiger partial charge on any atom is 0.307 e. The number of aryl methyl sites for hydroxylation is 2. The number of hydrogen-bond donors (Lipinski definition) is 5. The summed E-state index contributed by atoms with van der Waals surface area (Å²) in [5.41, 5.74) is 16.0. The standard InChI is InChI=1S/C26H37NO5S.3CH5N/c1-4-20(23-12-13-24(33-23)26(30)27-15-14-25(29)31-3)10-8-19-9-11-22(21(5-2)18-19)32-17-7-6-16-28;3*1-2/h9,11-13,18,20,28H,4-8,10,14-17H2,1-3H3,(H,27,30);3*2H2,1H3. The number of hydrogen-bond acceptors (Lipinski definition) is 9. The Hall–Kier alpha value is -2.50. The number of nitrogens with one attached hydrogen (secondary N) is 1. The molecule has 0 saturated heterocycles. The number of carbonyl (C=O) groups is 2. The van der Waals surface area contributed by atoms with Gasteiger partial charge in [-0.15, -0.1) is 11.3 Å². The maximum absolute atomic E-state index is 12.4. The zero-order valence-corrected chi connectivity index (χ0v) is 25.6. The van der Waals surface area contributed by atoms with Crippen LogP contribution in [0.3, 0.4) is 0 Å². The minimum absolute atomic E-state index is 0.146. The average molecular weight is 569 g/mol. The first-order chi connectivity index (χ1) is 19.0. The van der Waals surface area contributed by atoms with Crippen LogP contribution in [-0.2, 0) is 22.4 Å². The molecule has 1 heterocycles. The van der Waals surface area contributed by atoms with Crippen LogP contribution >= 0.6 is 11.3 Å². The molecule has 1 amide bonds. The van der Waals surface area contributed by atoms with Crippen LogP contribution in [0.15, 0.2) is 30.3 Å². The van der Waals surface area contributed by atoms with Crippen molar-refractivity contribution in [1.82, 2.24) is 5.32 Å². The van der Waals surface area contributed by atoms with E-state index in [0.29, 0.717) is 17.4 Å². The number of ether oxygens (including phenoxy) is 2. The van der Waals surface area contributed by atoms with E-state index in [-0.39, 0.29) is 31.4 Å². The van der Waals surface area contributed by atoms with Crippen molar-refractivity contribution < 1.29 is 24.2 Å². The van der Waals surface area contributed by atoms with Gasteiger partial charge in [0.05, 0.1) is 25.0 Å². The van der Waals surface area contributed by atoms with E-state index >= 15 is 0 Å². The van der Waals surface area contributed by atoms with Crippen LogP contribution in [0.4, 0.5) is 0 Å². The Balaban J connectivity index is 0. The summed E-state index contributed by atoms with van der Waals surface area (Å²) in [5, 5.41) is 11.7. The smallest absolute Gasteiger partial charge is 0.307 e. The minimum Gasteiger partial charge on any atom is -0.493 e. The molecule has 1 atom stereocenters. The summed E-state index contributed by atoms with van der Waals surface area (Å²) in [4.78, 5) is 25.4. The fraction of sp³-hybridized carbons (Fsp3) is 0.586. The van der Waals surface area contributed by atoms with Crippen LogP contribution in [0.2, 0.25) is 0 Å². The number of aliphatic hydroxyl groups is 1. The van der Waals surface area contributed by atoms with Gasteiger partial charge in [-0.2, -0.15) is 0 Å². The molecule has 10 heteroatoms. The highest BCUT2D eigenvalue weighted by Crippen LogP contribution is 2.32. The van der Waals surface area contributed by atoms with Crippen molar-refractivity contribution in [3.63, 3.8) is 0 Å². The van der Waals surface area contributed by atoms with Crippen molar-refractivity contribution in [2.75, 3.05) is 48.0 Å². The summed E-state index contributed by atoms with van der Waals surface area (Å²) >= 11 is 1.53. The van der Waals surface area contributed by atoms with Crippen molar-refractivity contribution in [2.45, 2.75) is 64.7 Å². The maximum atomic E-state index is 12.4. The topological polar surface area (TPSA) is 163 Å². The zero-order valence-electron chi connectivity index (χ0n) is 24.8. The third-order valence-corrected chi connectivity index (χ3v) is 6.93. The number of nitrogens with two attached hydrogens (primary N) is 3. The second-order valence-electron chi connectivity index (χ2n) is 8.00. The highest BCUT2D eigenvalue weighted by Gasteiger charge is 2.16. The van der Waals surface area contributed by atoms with Gasteiger partial charge in [0, 0.05) is 18.0 Å². The lowest BCUT2D eigenvalue weighted by atomic mass is 9.94. The molecule has 0 spiro atoms. The highest BCUT2D eigenvalue weighted by molar-refractivity contribution is 7.14. The average Bonchev–Trinajstić information content (AvgIpc) is 3.49. The van der Waals surface area contributed by atoms with E-state index in [4.69, 9.17) is 9.84 Å². The monoisotopic (exact) mass is 568 g/mol. The van der Waals surface area contributed by atoms with Gasteiger partial charge < -0.3 is 37.1 Å². The van der Waals surface area contributed by atoms with Crippen LogP contribution in [-0.4, -0.2) is 65.0 Å². The molecule has 1 unspecified atom stereocenters. The first kappa shape index (κ1) is 38.6. The van der Waals surface area contributed by atoms with Gasteiger partial charge in [0.2, 0.25) is 0 Å². The second-order valence-corrected chi connectivity index (χ2v) is 9.12. The summed E-state index contributed by atoms with van der Waals surface area (Å²) in [6.45, 7) is 5.42. The predicted octanol–water partition coefficient (Wildman–Crippen LogP) is 3.61. The number of aliphatic hydroxyl groups excluding tert-OH is 1. The van der Waals surface area contributed by atoms with E-state index in [1.54, 1.807) is 0 Å². The SMILES string of the molecule is CCc1cc(CCC(CC)c2ccc(C(=O)NCCC(=O)OC)s2)ccc1OCCCCO.CN.CN.CN. The highest BCUT2D eigenvalue weighted by atomic mass is 32.1. The Morgan fingerprint density at radius 1 is 1.03 bits per heavy atom. The van der Waals surface area contributed by atoms with Crippen molar-refractivity contribution in [2.24, 2.45) is 17.2 Å². The second kappa shape index (κ2) is 25.8. The molecule has 0 bridgehead atoms. The quantitative estimate of drug-likeness (QED) is 0.161. The summed E-state index contributed by atoms with van der Waals surface area (Å²) in [7, 11) is 5.84. The molecule has 0 aliphatic carbocycles. The molecule has 2 aromatic rings. The van der Waals surface area contributed by atoms with Crippen molar-refractivity contribution in [3.8, 4) is 5.75 Å². The fourth-order valence-electron chi connectivity index (χ4n) is 3.65. The van der Waals surface area contributed by atoms with Gasteiger partial charge in [-0.05, 0) is 94.9 Å². The van der Waals surface area contributed by atoms with Crippen LogP contribution in [0.5, 0.6) is 5.75 Å². The van der Waals surface area contributed by atoms with Crippen LogP contribution in [0.1, 0.15) is 77.5 Å². The number of rotatable bonds is 15. The molecule has 9 nitrogen and oxygen atoms in total. The number of thiophene rings is 1. The van der Waals surface area contributed by atoms with Crippen molar-refractivity contribution in [1.29, 1.82) is 0 Å². The summed E-state index contributed by atoms with van der Waals surface area (Å²) < 4.78 is 10.5. The largest absolute Gasteiger partial charge is 0.493 e. The molecule has 0 radical (unpaired) electrons. The Bertz CT molecular complexity index is 892. The molecule has 1 aromatic heterocycles. The number of esters is 1. The van der Waals surface area contributed by atoms with Gasteiger partial charge in [0.1, 0.15) is 5.75 Å². The molecular formula is C29H52N4O5S. The van der Waals surface area contributed by atoms with Crippen molar-refractivity contribution in [3.05, 3.63) is 51.2 Å². The van der Waals surface area contributed by atoms with Gasteiger partial charge in [0.25, 0.3) is 5.91 Å². The number of carbonyl (C=O) groups excluding carboxylic acids is 2. The normalized spacial score (nSPS) is 10.4. The van der Waals surface area contributed by atoms with Crippen molar-refractivity contribution >= 4 is 23.2 Å². The number of amides is 1. The van der Waals surface area contributed by atoms with Gasteiger partial charge in [-0.1, -0.05) is 26.0 Å². The summed E-state index contributed by atoms with van der Waals surface area (Å²) in [5.74, 6) is 0.853. The van der Waals surface area contributed by atoms with Gasteiger partial charge in [-0.3, -0.25) is 9.59 Å². The van der Waals surface area contributed by atoms with Gasteiger partial charge in [-0.25, -0.2) is 0 Å². The molecule has 0 fully saturated rings. The first-order valence-electron chi connectivity index (χ1n) is 13.6. The minimum atomic E-state index is -0.333. The molecule has 2 rings (SSSR count). The van der Waals surface area contributed by atoms with Crippen LogP contribution in [0.25, 0.3) is 0 Å². The lowest BCUT2D eigenvalue weighted by Gasteiger charge is -2.15. The molecular weight excluding hydrogens is 516 g/mol. The molecule has 0 aliphatic rings. The zero-order chi connectivity index (χ0) is 30.1. The van der Waals surface area contributed by atoms with E-state index in [0.717, 1.165) is 44.3 Å². The summed E-state index contributed by atoms with van der Waals surface area (Å²) in [6.07, 6.45) is 5.69. The van der Waals surface area contributed by atoms with E-state index in [2.05, 4.69) is 65.4 Å². The molecule has 39 heavy (non-hydrogen) atoms. The predicted molar refractivity (Wildman–Crippen MR) is 163 cm³/mol. The van der Waals surface area contributed by atoms with Crippen LogP contribution in [0, 0.1) is 0 Å². The number of benzene rings is 1. The number of unbranched alkanes of at least 4 members (excludes halogenated alkanes) is 1. The van der Waals surface area contributed by atoms with E-state index in [9.17, 15) is 9.59 Å². The van der Waals surface area contributed by atoms with Gasteiger partial charge in [0.15, 0.2) is 0 Å². The first-order valence-corrected chi connectivity index (χ1v) is 14.4. The molecule has 0 aliphatic heterocycles.